The summed E-state index contributed by atoms with van der Waals surface area (Å²) in [4.78, 5) is 0. The van der Waals surface area contributed by atoms with E-state index in [-0.39, 0.29) is 0 Å². The van der Waals surface area contributed by atoms with E-state index >= 15 is 0 Å². The summed E-state index contributed by atoms with van der Waals surface area (Å²) in [6.07, 6.45) is 5.48. The van der Waals surface area contributed by atoms with Crippen LogP contribution >= 0.6 is 15.9 Å². The van der Waals surface area contributed by atoms with Gasteiger partial charge < -0.3 is 9.47 Å². The maximum Gasteiger partial charge on any atom is 0.140 e. The van der Waals surface area contributed by atoms with Crippen molar-refractivity contribution in [3.8, 4) is 11.5 Å². The third-order valence-electron chi connectivity index (χ3n) is 3.26. The molecule has 2 rings (SSSR count). The summed E-state index contributed by atoms with van der Waals surface area (Å²) in [5.74, 6) is 1.85. The molecule has 0 amide bonds. The first-order valence-electron chi connectivity index (χ1n) is 5.84. The van der Waals surface area contributed by atoms with E-state index < -0.39 is 0 Å². The highest BCUT2D eigenvalue weighted by atomic mass is 79.9. The van der Waals surface area contributed by atoms with Crippen molar-refractivity contribution in [2.24, 2.45) is 0 Å². The largest absolute Gasteiger partial charge is 0.496 e. The first-order valence-corrected chi connectivity index (χ1v) is 6.63. The van der Waals surface area contributed by atoms with Crippen LogP contribution in [0.5, 0.6) is 11.5 Å². The number of hydrogen-bond acceptors (Lipinski definition) is 2. The number of methoxy groups -OCH3 is 2. The summed E-state index contributed by atoms with van der Waals surface area (Å²) >= 11 is 3.53. The van der Waals surface area contributed by atoms with Gasteiger partial charge >= 0.3 is 0 Å². The van der Waals surface area contributed by atoms with Crippen LogP contribution in [0, 0.1) is 0 Å². The van der Waals surface area contributed by atoms with Gasteiger partial charge in [0.05, 0.1) is 18.7 Å². The fraction of sp³-hybridized carbons (Fsp3) is 0.429. The van der Waals surface area contributed by atoms with Gasteiger partial charge in [-0.15, -0.1) is 0 Å². The van der Waals surface area contributed by atoms with Gasteiger partial charge in [0.2, 0.25) is 0 Å². The lowest BCUT2D eigenvalue weighted by Crippen LogP contribution is -2.04. The van der Waals surface area contributed by atoms with Crippen LogP contribution in [0.15, 0.2) is 16.1 Å². The standard InChI is InChI=1S/C14H17BrO2/c1-4-9-5-6-10-11(7-9)14(17-3)12(15)8-13(10)16-2/h7-8H,4-6H2,1-3H3. The SMILES string of the molecule is CCC1=Cc2c(c(OC)cc(Br)c2OC)CC1. The number of hydrogen-bond donors (Lipinski definition) is 0. The fourth-order valence-corrected chi connectivity index (χ4v) is 2.89. The molecule has 0 spiro atoms. The van der Waals surface area contributed by atoms with E-state index in [1.54, 1.807) is 14.2 Å². The van der Waals surface area contributed by atoms with Crippen molar-refractivity contribution >= 4 is 22.0 Å². The molecule has 1 aromatic carbocycles. The molecular formula is C14H17BrO2. The summed E-state index contributed by atoms with van der Waals surface area (Å²) in [6.45, 7) is 2.19. The number of allylic oxidation sites excluding steroid dienone is 1. The van der Waals surface area contributed by atoms with Gasteiger partial charge in [-0.05, 0) is 41.3 Å². The Morgan fingerprint density at radius 3 is 2.59 bits per heavy atom. The monoisotopic (exact) mass is 296 g/mol. The third kappa shape index (κ3) is 2.21. The lowest BCUT2D eigenvalue weighted by atomic mass is 9.90. The molecule has 92 valence electrons. The van der Waals surface area contributed by atoms with E-state index in [2.05, 4.69) is 28.9 Å². The highest BCUT2D eigenvalue weighted by Gasteiger charge is 2.20. The Kier molecular flexibility index (Phi) is 3.77. The normalized spacial score (nSPS) is 14.0. The van der Waals surface area contributed by atoms with Crippen LogP contribution < -0.4 is 9.47 Å². The molecular weight excluding hydrogens is 280 g/mol. The van der Waals surface area contributed by atoms with Crippen LogP contribution in [0.3, 0.4) is 0 Å². The van der Waals surface area contributed by atoms with E-state index in [4.69, 9.17) is 9.47 Å². The van der Waals surface area contributed by atoms with Crippen molar-refractivity contribution in [2.75, 3.05) is 14.2 Å². The summed E-state index contributed by atoms with van der Waals surface area (Å²) < 4.78 is 11.9. The Morgan fingerprint density at radius 1 is 1.24 bits per heavy atom. The fourth-order valence-electron chi connectivity index (χ4n) is 2.31. The topological polar surface area (TPSA) is 18.5 Å². The lowest BCUT2D eigenvalue weighted by molar-refractivity contribution is 0.395. The molecule has 0 fully saturated rings. The molecule has 0 saturated heterocycles. The van der Waals surface area contributed by atoms with Gasteiger partial charge in [0.25, 0.3) is 0 Å². The van der Waals surface area contributed by atoms with Gasteiger partial charge in [-0.1, -0.05) is 18.6 Å². The summed E-state index contributed by atoms with van der Waals surface area (Å²) in [5, 5.41) is 0. The van der Waals surface area contributed by atoms with Crippen LogP contribution in [-0.4, -0.2) is 14.2 Å². The van der Waals surface area contributed by atoms with Crippen molar-refractivity contribution < 1.29 is 9.47 Å². The number of halogens is 1. The van der Waals surface area contributed by atoms with Gasteiger partial charge in [0.1, 0.15) is 11.5 Å². The molecule has 2 nitrogen and oxygen atoms in total. The van der Waals surface area contributed by atoms with Gasteiger partial charge in [-0.3, -0.25) is 0 Å². The Balaban J connectivity index is 2.64. The van der Waals surface area contributed by atoms with Crippen molar-refractivity contribution in [3.63, 3.8) is 0 Å². The number of benzene rings is 1. The first kappa shape index (κ1) is 12.5. The summed E-state index contributed by atoms with van der Waals surface area (Å²) in [7, 11) is 3.43. The second kappa shape index (κ2) is 5.13. The van der Waals surface area contributed by atoms with Crippen molar-refractivity contribution in [3.05, 3.63) is 27.2 Å². The van der Waals surface area contributed by atoms with E-state index in [1.165, 1.54) is 16.7 Å². The second-order valence-corrected chi connectivity index (χ2v) is 5.00. The molecule has 0 radical (unpaired) electrons. The minimum atomic E-state index is 0.909. The molecule has 0 unspecified atom stereocenters. The third-order valence-corrected chi connectivity index (χ3v) is 3.85. The van der Waals surface area contributed by atoms with Gasteiger partial charge in [0.15, 0.2) is 0 Å². The molecule has 0 atom stereocenters. The van der Waals surface area contributed by atoms with Gasteiger partial charge in [0, 0.05) is 11.1 Å². The maximum absolute atomic E-state index is 5.49. The van der Waals surface area contributed by atoms with E-state index in [0.717, 1.165) is 35.2 Å². The molecule has 0 aromatic heterocycles. The van der Waals surface area contributed by atoms with E-state index in [1.807, 2.05) is 6.07 Å². The van der Waals surface area contributed by atoms with Crippen LogP contribution in [-0.2, 0) is 6.42 Å². The molecule has 3 heteroatoms. The van der Waals surface area contributed by atoms with Crippen molar-refractivity contribution in [1.82, 2.24) is 0 Å². The Hall–Kier alpha value is -0.960. The summed E-state index contributed by atoms with van der Waals surface area (Å²) in [5.41, 5.74) is 3.89. The molecule has 0 N–H and O–H groups in total. The minimum Gasteiger partial charge on any atom is -0.496 e. The lowest BCUT2D eigenvalue weighted by Gasteiger charge is -2.21. The smallest absolute Gasteiger partial charge is 0.140 e. The Bertz CT molecular complexity index is 464. The summed E-state index contributed by atoms with van der Waals surface area (Å²) in [6, 6.07) is 1.99. The van der Waals surface area contributed by atoms with Gasteiger partial charge in [-0.25, -0.2) is 0 Å². The number of rotatable bonds is 3. The average molecular weight is 297 g/mol. The van der Waals surface area contributed by atoms with Crippen LogP contribution in [0.4, 0.5) is 0 Å². The quantitative estimate of drug-likeness (QED) is 0.832. The maximum atomic E-state index is 5.49. The van der Waals surface area contributed by atoms with Crippen LogP contribution in [0.1, 0.15) is 30.9 Å². The van der Waals surface area contributed by atoms with Crippen LogP contribution in [0.2, 0.25) is 0 Å². The zero-order valence-corrected chi connectivity index (χ0v) is 12.1. The molecule has 0 bridgehead atoms. The predicted molar refractivity (Wildman–Crippen MR) is 73.8 cm³/mol. The highest BCUT2D eigenvalue weighted by Crippen LogP contribution is 2.42. The van der Waals surface area contributed by atoms with E-state index in [9.17, 15) is 0 Å². The Morgan fingerprint density at radius 2 is 2.00 bits per heavy atom. The number of fused-ring (bicyclic) bond motifs is 1. The Labute approximate surface area is 111 Å². The molecule has 0 heterocycles. The predicted octanol–water partition coefficient (Wildman–Crippen LogP) is 4.21. The molecule has 1 aliphatic carbocycles. The molecule has 0 aliphatic heterocycles. The zero-order valence-electron chi connectivity index (χ0n) is 10.5. The molecule has 0 saturated carbocycles. The second-order valence-electron chi connectivity index (χ2n) is 4.14. The zero-order chi connectivity index (χ0) is 12.4. The van der Waals surface area contributed by atoms with Crippen molar-refractivity contribution in [1.29, 1.82) is 0 Å². The average Bonchev–Trinajstić information content (AvgIpc) is 2.37. The van der Waals surface area contributed by atoms with Gasteiger partial charge in [-0.2, -0.15) is 0 Å². The molecule has 17 heavy (non-hydrogen) atoms. The van der Waals surface area contributed by atoms with Crippen molar-refractivity contribution in [2.45, 2.75) is 26.2 Å². The molecule has 1 aromatic rings. The first-order chi connectivity index (χ1) is 8.21. The van der Waals surface area contributed by atoms with E-state index in [0.29, 0.717) is 0 Å². The molecule has 1 aliphatic rings. The minimum absolute atomic E-state index is 0.909. The number of ether oxygens (including phenoxy) is 2. The van der Waals surface area contributed by atoms with Crippen LogP contribution in [0.25, 0.3) is 6.08 Å². The highest BCUT2D eigenvalue weighted by molar-refractivity contribution is 9.10.